The average Bonchev–Trinajstić information content (AvgIpc) is 3.42. The second-order valence-corrected chi connectivity index (χ2v) is 7.62. The van der Waals surface area contributed by atoms with E-state index in [1.54, 1.807) is 0 Å². The van der Waals surface area contributed by atoms with Gasteiger partial charge in [0.1, 0.15) is 17.6 Å². The van der Waals surface area contributed by atoms with Gasteiger partial charge in [0.15, 0.2) is 0 Å². The number of aromatic nitrogens is 1. The summed E-state index contributed by atoms with van der Waals surface area (Å²) >= 11 is 0. The van der Waals surface area contributed by atoms with Crippen molar-refractivity contribution < 1.29 is 19.1 Å². The summed E-state index contributed by atoms with van der Waals surface area (Å²) in [6.45, 7) is 0.495. The van der Waals surface area contributed by atoms with E-state index in [2.05, 4.69) is 10.6 Å². The molecule has 0 saturated carbocycles. The molecule has 2 saturated heterocycles. The highest BCUT2D eigenvalue weighted by atomic mass is 16.5. The smallest absolute Gasteiger partial charge is 0.312 e. The molecule has 0 N–H and O–H groups in total. The summed E-state index contributed by atoms with van der Waals surface area (Å²) in [4.78, 5) is 27.8. The number of methoxy groups -OCH3 is 1. The van der Waals surface area contributed by atoms with Crippen molar-refractivity contribution in [1.29, 1.82) is 0 Å². The maximum atomic E-state index is 13.5. The van der Waals surface area contributed by atoms with Crippen molar-refractivity contribution in [3.05, 3.63) is 66.0 Å². The third-order valence-electron chi connectivity index (χ3n) is 6.50. The highest BCUT2D eigenvalue weighted by molar-refractivity contribution is 5.92. The standard InChI is InChI=1S/C21H18N2O4/c1-26-20(25)16-15-8-9-21(27-15)17(16)19(24)23-11-12-5-2-3-6-13(12)22-10-4-7-14(22)18(21)23/h2-10,15-18H,11H2,1H3/t15-,16-,17+,18+,21+/m1/s1. The molecule has 4 aliphatic heterocycles. The van der Waals surface area contributed by atoms with Crippen molar-refractivity contribution in [1.82, 2.24) is 9.47 Å². The molecule has 1 amide bonds. The number of benzene rings is 1. The topological polar surface area (TPSA) is 60.8 Å². The summed E-state index contributed by atoms with van der Waals surface area (Å²) < 4.78 is 13.5. The summed E-state index contributed by atoms with van der Waals surface area (Å²) in [6, 6.07) is 11.9. The molecule has 5 atom stereocenters. The van der Waals surface area contributed by atoms with E-state index in [0.29, 0.717) is 6.54 Å². The van der Waals surface area contributed by atoms with E-state index in [1.165, 1.54) is 7.11 Å². The fraction of sp³-hybridized carbons (Fsp3) is 0.333. The lowest BCUT2D eigenvalue weighted by molar-refractivity contribution is -0.151. The van der Waals surface area contributed by atoms with Gasteiger partial charge in [-0.1, -0.05) is 30.4 Å². The zero-order chi connectivity index (χ0) is 18.3. The van der Waals surface area contributed by atoms with Crippen molar-refractivity contribution in [2.45, 2.75) is 24.3 Å². The van der Waals surface area contributed by atoms with Crippen LogP contribution in [-0.4, -0.2) is 40.2 Å². The number of rotatable bonds is 1. The van der Waals surface area contributed by atoms with E-state index in [-0.39, 0.29) is 17.9 Å². The maximum absolute atomic E-state index is 13.5. The Bertz CT molecular complexity index is 1020. The van der Waals surface area contributed by atoms with Crippen LogP contribution in [0.4, 0.5) is 0 Å². The van der Waals surface area contributed by atoms with Crippen molar-refractivity contribution in [3.8, 4) is 5.69 Å². The van der Waals surface area contributed by atoms with Crippen LogP contribution < -0.4 is 0 Å². The largest absolute Gasteiger partial charge is 0.469 e. The molecular formula is C21H18N2O4. The minimum absolute atomic E-state index is 0.0355. The molecule has 6 heteroatoms. The predicted octanol–water partition coefficient (Wildman–Crippen LogP) is 1.99. The molecule has 0 aliphatic carbocycles. The third kappa shape index (κ3) is 1.65. The van der Waals surface area contributed by atoms with Gasteiger partial charge in [-0.05, 0) is 23.8 Å². The molecule has 2 fully saturated rings. The number of hydrogen-bond acceptors (Lipinski definition) is 4. The number of nitrogens with zero attached hydrogens (tertiary/aromatic N) is 2. The fourth-order valence-corrected chi connectivity index (χ4v) is 5.49. The van der Waals surface area contributed by atoms with E-state index >= 15 is 0 Å². The number of carbonyl (C=O) groups is 2. The Kier molecular flexibility index (Phi) is 2.76. The van der Waals surface area contributed by atoms with Crippen LogP contribution in [0.1, 0.15) is 17.3 Å². The lowest BCUT2D eigenvalue weighted by Crippen LogP contribution is -2.40. The van der Waals surface area contributed by atoms with Crippen molar-refractivity contribution in [2.24, 2.45) is 11.8 Å². The molecule has 4 aliphatic rings. The van der Waals surface area contributed by atoms with Crippen LogP contribution in [0.3, 0.4) is 0 Å². The Hall–Kier alpha value is -2.86. The summed E-state index contributed by atoms with van der Waals surface area (Å²) in [7, 11) is 1.36. The number of esters is 1. The molecule has 5 heterocycles. The molecule has 1 aromatic heterocycles. The second kappa shape index (κ2) is 4.89. The Balaban J connectivity index is 1.58. The molecule has 6 nitrogen and oxygen atoms in total. The molecule has 2 aromatic rings. The van der Waals surface area contributed by atoms with Gasteiger partial charge in [0, 0.05) is 18.4 Å². The zero-order valence-corrected chi connectivity index (χ0v) is 14.7. The highest BCUT2D eigenvalue weighted by Crippen LogP contribution is 2.61. The first-order chi connectivity index (χ1) is 13.2. The molecule has 6 rings (SSSR count). The van der Waals surface area contributed by atoms with Crippen LogP contribution in [-0.2, 0) is 25.6 Å². The normalized spacial score (nSPS) is 34.7. The lowest BCUT2D eigenvalue weighted by atomic mass is 9.74. The van der Waals surface area contributed by atoms with Gasteiger partial charge in [-0.2, -0.15) is 0 Å². The van der Waals surface area contributed by atoms with Crippen LogP contribution in [0.15, 0.2) is 54.7 Å². The van der Waals surface area contributed by atoms with Gasteiger partial charge in [0.05, 0.1) is 24.8 Å². The summed E-state index contributed by atoms with van der Waals surface area (Å²) in [5, 5.41) is 0. The first-order valence-electron chi connectivity index (χ1n) is 9.17. The molecule has 0 unspecified atom stereocenters. The Morgan fingerprint density at radius 3 is 2.96 bits per heavy atom. The Morgan fingerprint density at radius 1 is 1.26 bits per heavy atom. The molecule has 1 spiro atoms. The molecule has 136 valence electrons. The van der Waals surface area contributed by atoms with Crippen LogP contribution in [0, 0.1) is 11.8 Å². The molecular weight excluding hydrogens is 344 g/mol. The van der Waals surface area contributed by atoms with Crippen LogP contribution in [0.2, 0.25) is 0 Å². The van der Waals surface area contributed by atoms with E-state index in [1.807, 2.05) is 53.6 Å². The van der Waals surface area contributed by atoms with Crippen molar-refractivity contribution >= 4 is 11.9 Å². The second-order valence-electron chi connectivity index (χ2n) is 7.62. The van der Waals surface area contributed by atoms with E-state index in [9.17, 15) is 9.59 Å². The number of amides is 1. The van der Waals surface area contributed by atoms with Crippen LogP contribution in [0.5, 0.6) is 0 Å². The van der Waals surface area contributed by atoms with Gasteiger partial charge < -0.3 is 18.9 Å². The first-order valence-corrected chi connectivity index (χ1v) is 9.17. The third-order valence-corrected chi connectivity index (χ3v) is 6.50. The van der Waals surface area contributed by atoms with E-state index < -0.39 is 23.5 Å². The van der Waals surface area contributed by atoms with E-state index in [0.717, 1.165) is 16.9 Å². The maximum Gasteiger partial charge on any atom is 0.312 e. The molecule has 0 radical (unpaired) electrons. The molecule has 2 bridgehead atoms. The predicted molar refractivity (Wildman–Crippen MR) is 94.8 cm³/mol. The molecule has 1 aromatic carbocycles. The Morgan fingerprint density at radius 2 is 2.11 bits per heavy atom. The number of fused-ring (bicyclic) bond motifs is 6. The van der Waals surface area contributed by atoms with Crippen molar-refractivity contribution in [3.63, 3.8) is 0 Å². The van der Waals surface area contributed by atoms with E-state index in [4.69, 9.17) is 9.47 Å². The lowest BCUT2D eigenvalue weighted by Gasteiger charge is -2.32. The average molecular weight is 362 g/mol. The van der Waals surface area contributed by atoms with Gasteiger partial charge in [-0.25, -0.2) is 0 Å². The quantitative estimate of drug-likeness (QED) is 0.575. The monoisotopic (exact) mass is 362 g/mol. The van der Waals surface area contributed by atoms with Crippen LogP contribution >= 0.6 is 0 Å². The fourth-order valence-electron chi connectivity index (χ4n) is 5.49. The van der Waals surface area contributed by atoms with Gasteiger partial charge in [-0.3, -0.25) is 9.59 Å². The SMILES string of the molecule is COC(=O)[C@H]1[C@H]2C(=O)N3Cc4ccccc4-n4cccc4[C@H]3[C@]23C=C[C@H]1O3. The van der Waals surface area contributed by atoms with Gasteiger partial charge >= 0.3 is 5.97 Å². The van der Waals surface area contributed by atoms with Gasteiger partial charge in [0.2, 0.25) is 5.91 Å². The van der Waals surface area contributed by atoms with Gasteiger partial charge in [0.25, 0.3) is 0 Å². The summed E-state index contributed by atoms with van der Waals surface area (Å²) in [6.07, 6.45) is 5.54. The summed E-state index contributed by atoms with van der Waals surface area (Å²) in [5.41, 5.74) is 2.34. The number of para-hydroxylation sites is 1. The summed E-state index contributed by atoms with van der Waals surface area (Å²) in [5.74, 6) is -1.54. The number of carbonyl (C=O) groups excluding carboxylic acids is 2. The minimum atomic E-state index is -0.821. The zero-order valence-electron chi connectivity index (χ0n) is 14.7. The van der Waals surface area contributed by atoms with Crippen LogP contribution in [0.25, 0.3) is 5.69 Å². The number of hydrogen-bond donors (Lipinski definition) is 0. The minimum Gasteiger partial charge on any atom is -0.469 e. The van der Waals surface area contributed by atoms with Gasteiger partial charge in [-0.15, -0.1) is 0 Å². The first kappa shape index (κ1) is 15.2. The number of ether oxygens (including phenoxy) is 2. The highest BCUT2D eigenvalue weighted by Gasteiger charge is 2.72. The molecule has 27 heavy (non-hydrogen) atoms. The Labute approximate surface area is 156 Å². The van der Waals surface area contributed by atoms with Crippen molar-refractivity contribution in [2.75, 3.05) is 7.11 Å².